The van der Waals surface area contributed by atoms with Crippen LogP contribution in [0.5, 0.6) is 5.75 Å². The molecule has 0 aromatic heterocycles. The summed E-state index contributed by atoms with van der Waals surface area (Å²) in [7, 11) is 0. The van der Waals surface area contributed by atoms with Crippen LogP contribution in [0.25, 0.3) is 0 Å². The van der Waals surface area contributed by atoms with Crippen LogP contribution in [-0.2, 0) is 14.3 Å². The van der Waals surface area contributed by atoms with Crippen LogP contribution < -0.4 is 4.74 Å². The third-order valence-corrected chi connectivity index (χ3v) is 4.90. The van der Waals surface area contributed by atoms with Gasteiger partial charge in [0.15, 0.2) is 0 Å². The summed E-state index contributed by atoms with van der Waals surface area (Å²) in [4.78, 5) is 11.7. The molecule has 112 valence electrons. The van der Waals surface area contributed by atoms with E-state index in [9.17, 15) is 4.79 Å². The minimum atomic E-state index is -0.0341. The molecule has 4 heteroatoms. The van der Waals surface area contributed by atoms with Crippen LogP contribution in [0, 0.1) is 5.92 Å². The third-order valence-electron chi connectivity index (χ3n) is 4.90. The fourth-order valence-corrected chi connectivity index (χ4v) is 3.49. The fourth-order valence-electron chi connectivity index (χ4n) is 3.49. The van der Waals surface area contributed by atoms with Gasteiger partial charge in [-0.15, -0.1) is 0 Å². The largest absolute Gasteiger partial charge is 0.493 e. The molecular formula is C17H20O4. The number of hydrogen-bond donors (Lipinski definition) is 0. The lowest BCUT2D eigenvalue weighted by Crippen LogP contribution is -2.37. The van der Waals surface area contributed by atoms with E-state index < -0.39 is 0 Å². The first-order chi connectivity index (χ1) is 10.3. The molecule has 0 N–H and O–H groups in total. The lowest BCUT2D eigenvalue weighted by atomic mass is 9.76. The molecule has 21 heavy (non-hydrogen) atoms. The van der Waals surface area contributed by atoms with E-state index in [0.717, 1.165) is 25.2 Å². The van der Waals surface area contributed by atoms with Crippen LogP contribution in [-0.4, -0.2) is 36.8 Å². The second-order valence-electron chi connectivity index (χ2n) is 6.29. The summed E-state index contributed by atoms with van der Waals surface area (Å²) in [5.41, 5.74) is -0.0341. The van der Waals surface area contributed by atoms with Crippen molar-refractivity contribution in [2.75, 3.05) is 13.2 Å². The summed E-state index contributed by atoms with van der Waals surface area (Å²) in [5, 5.41) is 0. The van der Waals surface area contributed by atoms with Gasteiger partial charge in [-0.3, -0.25) is 4.79 Å². The summed E-state index contributed by atoms with van der Waals surface area (Å²) < 4.78 is 17.2. The van der Waals surface area contributed by atoms with Gasteiger partial charge in [0, 0.05) is 25.2 Å². The van der Waals surface area contributed by atoms with Crippen molar-refractivity contribution in [3.63, 3.8) is 0 Å². The first-order valence-corrected chi connectivity index (χ1v) is 7.76. The van der Waals surface area contributed by atoms with Gasteiger partial charge in [-0.05, 0) is 18.6 Å². The van der Waals surface area contributed by atoms with E-state index in [2.05, 4.69) is 0 Å². The third kappa shape index (κ3) is 2.70. The van der Waals surface area contributed by atoms with Gasteiger partial charge in [0.1, 0.15) is 11.5 Å². The highest BCUT2D eigenvalue weighted by Crippen LogP contribution is 2.51. The van der Waals surface area contributed by atoms with Crippen molar-refractivity contribution < 1.29 is 19.0 Å². The van der Waals surface area contributed by atoms with Gasteiger partial charge >= 0.3 is 0 Å². The number of carbonyl (C=O) groups is 1. The molecule has 0 amide bonds. The fraction of sp³-hybridized carbons (Fsp3) is 0.588. The normalized spacial score (nSPS) is 37.5. The smallest absolute Gasteiger partial charge is 0.133 e. The van der Waals surface area contributed by atoms with Crippen molar-refractivity contribution in [3.8, 4) is 5.75 Å². The van der Waals surface area contributed by atoms with Gasteiger partial charge in [-0.2, -0.15) is 0 Å². The second kappa shape index (κ2) is 5.11. The number of benzene rings is 1. The second-order valence-corrected chi connectivity index (χ2v) is 6.29. The van der Waals surface area contributed by atoms with E-state index >= 15 is 0 Å². The maximum atomic E-state index is 11.7. The Balaban J connectivity index is 1.27. The highest BCUT2D eigenvalue weighted by molar-refractivity contribution is 5.80. The maximum Gasteiger partial charge on any atom is 0.133 e. The number of ether oxygens (including phenoxy) is 3. The Morgan fingerprint density at radius 3 is 2.86 bits per heavy atom. The summed E-state index contributed by atoms with van der Waals surface area (Å²) in [6.07, 6.45) is 3.47. The van der Waals surface area contributed by atoms with E-state index in [1.54, 1.807) is 0 Å². The molecular weight excluding hydrogens is 268 g/mol. The van der Waals surface area contributed by atoms with Crippen molar-refractivity contribution in [2.24, 2.45) is 5.92 Å². The Hall–Kier alpha value is -1.39. The molecule has 1 spiro atoms. The SMILES string of the molecule is O=C1CCC2(CO2)C(C2OC2CCOc2ccccc2)C1. The average Bonchev–Trinajstić information content (AvgIpc) is 3.41. The van der Waals surface area contributed by atoms with Gasteiger partial charge in [0.05, 0.1) is 31.0 Å². The van der Waals surface area contributed by atoms with Crippen molar-refractivity contribution in [3.05, 3.63) is 30.3 Å². The molecule has 2 heterocycles. The molecule has 4 nitrogen and oxygen atoms in total. The number of rotatable bonds is 5. The topological polar surface area (TPSA) is 51.4 Å². The van der Waals surface area contributed by atoms with E-state index in [-0.39, 0.29) is 23.7 Å². The standard InChI is InChI=1S/C17H20O4/c18-12-6-8-17(11-20-17)14(10-12)16-15(21-16)7-9-19-13-4-2-1-3-5-13/h1-5,14-16H,6-11H2. The van der Waals surface area contributed by atoms with E-state index in [1.807, 2.05) is 30.3 Å². The van der Waals surface area contributed by atoms with Crippen LogP contribution in [0.3, 0.4) is 0 Å². The van der Waals surface area contributed by atoms with Crippen LogP contribution >= 0.6 is 0 Å². The van der Waals surface area contributed by atoms with Gasteiger partial charge in [0.25, 0.3) is 0 Å². The molecule has 0 bridgehead atoms. The predicted molar refractivity (Wildman–Crippen MR) is 76.2 cm³/mol. The van der Waals surface area contributed by atoms with E-state index in [1.165, 1.54) is 0 Å². The van der Waals surface area contributed by atoms with Gasteiger partial charge in [-0.25, -0.2) is 0 Å². The number of para-hydroxylation sites is 1. The van der Waals surface area contributed by atoms with Gasteiger partial charge in [0.2, 0.25) is 0 Å². The first kappa shape index (κ1) is 13.3. The molecule has 1 saturated carbocycles. The molecule has 2 saturated heterocycles. The van der Waals surface area contributed by atoms with Crippen molar-refractivity contribution in [2.45, 2.75) is 43.5 Å². The molecule has 1 aliphatic carbocycles. The Morgan fingerprint density at radius 1 is 1.29 bits per heavy atom. The molecule has 4 rings (SSSR count). The van der Waals surface area contributed by atoms with E-state index in [4.69, 9.17) is 14.2 Å². The number of Topliss-reactive ketones (excluding diaryl/α,β-unsaturated/α-hetero) is 1. The number of carbonyl (C=O) groups excluding carboxylic acids is 1. The molecule has 0 radical (unpaired) electrons. The summed E-state index contributed by atoms with van der Waals surface area (Å²) in [6.45, 7) is 1.46. The zero-order valence-corrected chi connectivity index (χ0v) is 12.0. The van der Waals surface area contributed by atoms with E-state index in [0.29, 0.717) is 25.2 Å². The van der Waals surface area contributed by atoms with Crippen LogP contribution in [0.1, 0.15) is 25.7 Å². The van der Waals surface area contributed by atoms with Crippen LogP contribution in [0.2, 0.25) is 0 Å². The lowest BCUT2D eigenvalue weighted by molar-refractivity contribution is -0.123. The minimum Gasteiger partial charge on any atom is -0.493 e. The first-order valence-electron chi connectivity index (χ1n) is 7.76. The molecule has 2 aliphatic heterocycles. The van der Waals surface area contributed by atoms with Crippen molar-refractivity contribution >= 4 is 5.78 Å². The maximum absolute atomic E-state index is 11.7. The molecule has 1 aromatic carbocycles. The zero-order valence-electron chi connectivity index (χ0n) is 12.0. The molecule has 3 aliphatic rings. The predicted octanol–water partition coefficient (Wildman–Crippen LogP) is 2.36. The highest BCUT2D eigenvalue weighted by Gasteiger charge is 2.62. The summed E-state index contributed by atoms with van der Waals surface area (Å²) >= 11 is 0. The van der Waals surface area contributed by atoms with Crippen molar-refractivity contribution in [1.29, 1.82) is 0 Å². The van der Waals surface area contributed by atoms with Gasteiger partial charge < -0.3 is 14.2 Å². The summed E-state index contributed by atoms with van der Waals surface area (Å²) in [5.74, 6) is 1.51. The van der Waals surface area contributed by atoms with Crippen LogP contribution in [0.4, 0.5) is 0 Å². The van der Waals surface area contributed by atoms with Crippen LogP contribution in [0.15, 0.2) is 30.3 Å². The average molecular weight is 288 g/mol. The zero-order chi connectivity index (χ0) is 14.3. The monoisotopic (exact) mass is 288 g/mol. The highest BCUT2D eigenvalue weighted by atomic mass is 16.6. The lowest BCUT2D eigenvalue weighted by Gasteiger charge is -2.26. The Morgan fingerprint density at radius 2 is 2.10 bits per heavy atom. The molecule has 3 fully saturated rings. The number of epoxide rings is 2. The Labute approximate surface area is 124 Å². The molecule has 4 unspecified atom stereocenters. The Kier molecular flexibility index (Phi) is 3.23. The quantitative estimate of drug-likeness (QED) is 0.781. The molecule has 1 aromatic rings. The minimum absolute atomic E-state index is 0.0341. The van der Waals surface area contributed by atoms with Crippen molar-refractivity contribution in [1.82, 2.24) is 0 Å². The molecule has 4 atom stereocenters. The Bertz CT molecular complexity index is 523. The van der Waals surface area contributed by atoms with Gasteiger partial charge in [-0.1, -0.05) is 18.2 Å². The summed E-state index contributed by atoms with van der Waals surface area (Å²) in [6, 6.07) is 9.82. The number of ketones is 1. The number of hydrogen-bond acceptors (Lipinski definition) is 4.